The number of halogens is 1. The van der Waals surface area contributed by atoms with Crippen molar-refractivity contribution in [2.75, 3.05) is 11.9 Å². The number of amides is 4. The fourth-order valence-electron chi connectivity index (χ4n) is 5.12. The summed E-state index contributed by atoms with van der Waals surface area (Å²) in [6.07, 6.45) is 7.78. The van der Waals surface area contributed by atoms with Crippen LogP contribution in [0.3, 0.4) is 0 Å². The molecule has 0 aromatic heterocycles. The molecule has 4 atom stereocenters. The average Bonchev–Trinajstić information content (AvgIpc) is 3.00. The summed E-state index contributed by atoms with van der Waals surface area (Å²) in [7, 11) is 0. The maximum Gasteiger partial charge on any atom is 0.256 e. The maximum atomic E-state index is 13.4. The van der Waals surface area contributed by atoms with Gasteiger partial charge in [-0.3, -0.25) is 24.1 Å². The maximum absolute atomic E-state index is 13.4. The minimum absolute atomic E-state index is 0.0885. The number of nitrogens with zero attached hydrogens (tertiary/aromatic N) is 2. The van der Waals surface area contributed by atoms with Crippen LogP contribution in [0.2, 0.25) is 5.02 Å². The fraction of sp³-hybridized carbons (Fsp3) is 0.500. The largest absolute Gasteiger partial charge is 0.333 e. The van der Waals surface area contributed by atoms with Gasteiger partial charge in [0.1, 0.15) is 6.54 Å². The Kier molecular flexibility index (Phi) is 6.38. The van der Waals surface area contributed by atoms with E-state index in [0.717, 1.165) is 24.2 Å². The van der Waals surface area contributed by atoms with Gasteiger partial charge in [-0.1, -0.05) is 23.8 Å². The molecule has 32 heavy (non-hydrogen) atoms. The van der Waals surface area contributed by atoms with Crippen molar-refractivity contribution in [2.24, 2.45) is 11.8 Å². The molecule has 0 spiro atoms. The van der Waals surface area contributed by atoms with Crippen molar-refractivity contribution in [3.05, 3.63) is 40.9 Å². The van der Waals surface area contributed by atoms with Gasteiger partial charge in [-0.2, -0.15) is 0 Å². The monoisotopic (exact) mass is 457 g/mol. The zero-order valence-electron chi connectivity index (χ0n) is 18.3. The summed E-state index contributed by atoms with van der Waals surface area (Å²) >= 11 is 6.17. The summed E-state index contributed by atoms with van der Waals surface area (Å²) in [5.41, 5.74) is 0.635. The van der Waals surface area contributed by atoms with Crippen molar-refractivity contribution in [3.63, 3.8) is 0 Å². The van der Waals surface area contributed by atoms with E-state index < -0.39 is 5.91 Å². The highest BCUT2D eigenvalue weighted by Gasteiger charge is 2.47. The fourth-order valence-corrected chi connectivity index (χ4v) is 5.29. The Balaban J connectivity index is 1.51. The number of rotatable bonds is 4. The van der Waals surface area contributed by atoms with Gasteiger partial charge in [-0.05, 0) is 64.2 Å². The van der Waals surface area contributed by atoms with Crippen LogP contribution in [0.25, 0.3) is 0 Å². The second-order valence-corrected chi connectivity index (χ2v) is 9.43. The molecule has 2 heterocycles. The molecule has 2 fully saturated rings. The molecule has 1 N–H and O–H groups in total. The lowest BCUT2D eigenvalue weighted by Crippen LogP contribution is -2.47. The van der Waals surface area contributed by atoms with Crippen LogP contribution in [0, 0.1) is 11.8 Å². The molecular weight excluding hydrogens is 430 g/mol. The number of imide groups is 1. The van der Waals surface area contributed by atoms with Crippen molar-refractivity contribution in [3.8, 4) is 0 Å². The van der Waals surface area contributed by atoms with Gasteiger partial charge < -0.3 is 10.2 Å². The van der Waals surface area contributed by atoms with Crippen LogP contribution >= 0.6 is 11.6 Å². The smallest absolute Gasteiger partial charge is 0.256 e. The van der Waals surface area contributed by atoms with Gasteiger partial charge in [-0.15, -0.1) is 0 Å². The Morgan fingerprint density at radius 3 is 2.22 bits per heavy atom. The lowest BCUT2D eigenvalue weighted by atomic mass is 9.85. The number of fused-ring (bicyclic) bond motifs is 1. The van der Waals surface area contributed by atoms with Crippen molar-refractivity contribution in [1.29, 1.82) is 0 Å². The molecule has 7 nitrogen and oxygen atoms in total. The predicted molar refractivity (Wildman–Crippen MR) is 121 cm³/mol. The molecule has 1 aromatic carbocycles. The van der Waals surface area contributed by atoms with E-state index in [2.05, 4.69) is 5.32 Å². The summed E-state index contributed by atoms with van der Waals surface area (Å²) in [6.45, 7) is 3.68. The normalized spacial score (nSPS) is 27.5. The molecule has 1 aliphatic carbocycles. The number of hydrogen-bond acceptors (Lipinski definition) is 4. The molecule has 0 bridgehead atoms. The van der Waals surface area contributed by atoms with Gasteiger partial charge in [0.15, 0.2) is 0 Å². The Bertz CT molecular complexity index is 955. The first-order valence-corrected chi connectivity index (χ1v) is 11.6. The molecule has 4 unspecified atom stereocenters. The molecule has 4 amide bonds. The standard InChI is InChI=1S/C24H28ClN3O4/c1-14-6-5-7-15(2)28(14)24(32)19-12-16(25)10-11-20(19)26-21(29)13-27-22(30)17-8-3-4-9-18(17)23(27)31/h3-4,10-12,14-15,17-18H,5-9,13H2,1-2H3,(H,26,29). The van der Waals surface area contributed by atoms with E-state index in [-0.39, 0.29) is 48.2 Å². The second kappa shape index (κ2) is 9.06. The summed E-state index contributed by atoms with van der Waals surface area (Å²) in [4.78, 5) is 54.4. The van der Waals surface area contributed by atoms with Crippen molar-refractivity contribution in [1.82, 2.24) is 9.80 Å². The molecule has 0 radical (unpaired) electrons. The zero-order chi connectivity index (χ0) is 23.0. The van der Waals surface area contributed by atoms with E-state index in [1.807, 2.05) is 30.9 Å². The van der Waals surface area contributed by atoms with E-state index in [1.54, 1.807) is 18.2 Å². The number of piperidine rings is 1. The highest BCUT2D eigenvalue weighted by molar-refractivity contribution is 6.31. The zero-order valence-corrected chi connectivity index (χ0v) is 19.1. The number of hydrogen-bond donors (Lipinski definition) is 1. The minimum Gasteiger partial charge on any atom is -0.333 e. The second-order valence-electron chi connectivity index (χ2n) is 9.00. The van der Waals surface area contributed by atoms with Gasteiger partial charge in [-0.25, -0.2) is 0 Å². The van der Waals surface area contributed by atoms with Crippen LogP contribution in [-0.2, 0) is 14.4 Å². The molecule has 170 valence electrons. The van der Waals surface area contributed by atoms with E-state index in [9.17, 15) is 19.2 Å². The summed E-state index contributed by atoms with van der Waals surface area (Å²) in [6, 6.07) is 4.92. The first-order valence-electron chi connectivity index (χ1n) is 11.2. The topological polar surface area (TPSA) is 86.8 Å². The van der Waals surface area contributed by atoms with E-state index >= 15 is 0 Å². The van der Waals surface area contributed by atoms with Crippen molar-refractivity contribution in [2.45, 2.75) is 58.0 Å². The molecule has 3 aliphatic rings. The third-order valence-electron chi connectivity index (χ3n) is 6.81. The number of benzene rings is 1. The molecule has 2 saturated heterocycles. The Morgan fingerprint density at radius 1 is 1.03 bits per heavy atom. The average molecular weight is 458 g/mol. The van der Waals surface area contributed by atoms with Crippen LogP contribution in [0.1, 0.15) is 56.3 Å². The van der Waals surface area contributed by atoms with Crippen LogP contribution in [0.5, 0.6) is 0 Å². The van der Waals surface area contributed by atoms with E-state index in [0.29, 0.717) is 29.1 Å². The predicted octanol–water partition coefficient (Wildman–Crippen LogP) is 3.63. The first kappa shape index (κ1) is 22.5. The van der Waals surface area contributed by atoms with Crippen LogP contribution < -0.4 is 5.32 Å². The van der Waals surface area contributed by atoms with E-state index in [1.165, 1.54) is 0 Å². The highest BCUT2D eigenvalue weighted by Crippen LogP contribution is 2.35. The molecule has 8 heteroatoms. The SMILES string of the molecule is CC1CCCC(C)N1C(=O)c1cc(Cl)ccc1NC(=O)CN1C(=O)C2CC=CCC2C1=O. The Labute approximate surface area is 192 Å². The quantitative estimate of drug-likeness (QED) is 0.552. The lowest BCUT2D eigenvalue weighted by molar-refractivity contribution is -0.142. The number of anilines is 1. The van der Waals surface area contributed by atoms with Crippen LogP contribution in [0.4, 0.5) is 5.69 Å². The van der Waals surface area contributed by atoms with Crippen molar-refractivity contribution >= 4 is 40.9 Å². The number of nitrogens with one attached hydrogen (secondary N) is 1. The van der Waals surface area contributed by atoms with Crippen molar-refractivity contribution < 1.29 is 19.2 Å². The van der Waals surface area contributed by atoms with Gasteiger partial charge in [0.05, 0.1) is 23.1 Å². The first-order chi connectivity index (χ1) is 15.3. The molecule has 4 rings (SSSR count). The molecular formula is C24H28ClN3O4. The summed E-state index contributed by atoms with van der Waals surface area (Å²) in [5.74, 6) is -2.07. The molecule has 0 saturated carbocycles. The van der Waals surface area contributed by atoms with Gasteiger partial charge in [0.2, 0.25) is 17.7 Å². The molecule has 2 aliphatic heterocycles. The Morgan fingerprint density at radius 2 is 1.62 bits per heavy atom. The third kappa shape index (κ3) is 4.18. The van der Waals surface area contributed by atoms with Gasteiger partial charge in [0, 0.05) is 17.1 Å². The minimum atomic E-state index is -0.519. The van der Waals surface area contributed by atoms with Gasteiger partial charge in [0.25, 0.3) is 5.91 Å². The summed E-state index contributed by atoms with van der Waals surface area (Å²) in [5, 5.41) is 3.12. The van der Waals surface area contributed by atoms with Crippen LogP contribution in [0.15, 0.2) is 30.4 Å². The lowest BCUT2D eigenvalue weighted by Gasteiger charge is -2.39. The van der Waals surface area contributed by atoms with Gasteiger partial charge >= 0.3 is 0 Å². The summed E-state index contributed by atoms with van der Waals surface area (Å²) < 4.78 is 0. The number of carbonyl (C=O) groups is 4. The Hall–Kier alpha value is -2.67. The molecule has 1 aromatic rings. The number of likely N-dealkylation sites (tertiary alicyclic amines) is 2. The van der Waals surface area contributed by atoms with E-state index in [4.69, 9.17) is 11.6 Å². The number of carbonyl (C=O) groups excluding carboxylic acids is 4. The highest BCUT2D eigenvalue weighted by atomic mass is 35.5. The third-order valence-corrected chi connectivity index (χ3v) is 7.05. The number of allylic oxidation sites excluding steroid dienone is 2. The van der Waals surface area contributed by atoms with Crippen LogP contribution in [-0.4, -0.2) is 52.1 Å².